The summed E-state index contributed by atoms with van der Waals surface area (Å²) in [5.74, 6) is 0.657. The summed E-state index contributed by atoms with van der Waals surface area (Å²) in [7, 11) is 0. The van der Waals surface area contributed by atoms with E-state index in [4.69, 9.17) is 0 Å². The molecule has 0 radical (unpaired) electrons. The van der Waals surface area contributed by atoms with Crippen LogP contribution in [0.5, 0.6) is 0 Å². The highest BCUT2D eigenvalue weighted by Crippen LogP contribution is 2.31. The van der Waals surface area contributed by atoms with Crippen molar-refractivity contribution in [1.82, 2.24) is 9.97 Å². The second-order valence-corrected chi connectivity index (χ2v) is 7.42. The van der Waals surface area contributed by atoms with Gasteiger partial charge in [-0.2, -0.15) is 5.11 Å². The SMILES string of the molecule is Ic1cc2ncnc(N=NCc3cccs3)c2s1. The van der Waals surface area contributed by atoms with Crippen molar-refractivity contribution in [2.24, 2.45) is 10.2 Å². The zero-order valence-corrected chi connectivity index (χ0v) is 12.9. The van der Waals surface area contributed by atoms with Crippen LogP contribution in [0.4, 0.5) is 5.82 Å². The summed E-state index contributed by atoms with van der Waals surface area (Å²) in [6, 6.07) is 6.09. The molecule has 0 unspecified atom stereocenters. The first-order valence-electron chi connectivity index (χ1n) is 5.13. The van der Waals surface area contributed by atoms with Crippen LogP contribution in [0.15, 0.2) is 40.1 Å². The average Bonchev–Trinajstić information content (AvgIpc) is 2.97. The van der Waals surface area contributed by atoms with E-state index >= 15 is 0 Å². The molecule has 0 atom stereocenters. The second-order valence-electron chi connectivity index (χ2n) is 3.44. The number of halogens is 1. The molecule has 3 heterocycles. The molecule has 7 heteroatoms. The minimum absolute atomic E-state index is 0.603. The Hall–Kier alpha value is -0.930. The number of hydrogen-bond donors (Lipinski definition) is 0. The molecule has 0 bridgehead atoms. The van der Waals surface area contributed by atoms with E-state index in [9.17, 15) is 0 Å². The molecule has 0 amide bonds. The molecule has 0 fully saturated rings. The molecule has 0 saturated heterocycles. The third-order valence-corrected chi connectivity index (χ3v) is 4.98. The molecule has 3 aromatic rings. The zero-order valence-electron chi connectivity index (χ0n) is 9.08. The standard InChI is InChI=1S/C11H7IN4S2/c12-9-4-8-10(18-9)11(14-6-13-8)16-15-5-7-2-1-3-17-7/h1-4,6H,5H2. The van der Waals surface area contributed by atoms with Gasteiger partial charge < -0.3 is 0 Å². The van der Waals surface area contributed by atoms with Crippen molar-refractivity contribution in [3.63, 3.8) is 0 Å². The summed E-state index contributed by atoms with van der Waals surface area (Å²) < 4.78 is 2.18. The molecule has 0 aromatic carbocycles. The average molecular weight is 386 g/mol. The highest BCUT2D eigenvalue weighted by molar-refractivity contribution is 14.1. The highest BCUT2D eigenvalue weighted by atomic mass is 127. The number of aromatic nitrogens is 2. The van der Waals surface area contributed by atoms with E-state index in [2.05, 4.69) is 42.8 Å². The fraction of sp³-hybridized carbons (Fsp3) is 0.0909. The van der Waals surface area contributed by atoms with E-state index in [0.29, 0.717) is 12.4 Å². The Morgan fingerprint density at radius 1 is 1.33 bits per heavy atom. The van der Waals surface area contributed by atoms with Gasteiger partial charge in [-0.05, 0) is 40.1 Å². The smallest absolute Gasteiger partial charge is 0.195 e. The molecule has 3 aromatic heterocycles. The molecule has 0 N–H and O–H groups in total. The van der Waals surface area contributed by atoms with Crippen molar-refractivity contribution in [1.29, 1.82) is 0 Å². The Bertz CT molecular complexity index is 690. The molecule has 90 valence electrons. The van der Waals surface area contributed by atoms with E-state index in [1.165, 1.54) is 14.1 Å². The van der Waals surface area contributed by atoms with Gasteiger partial charge in [0.15, 0.2) is 5.82 Å². The topological polar surface area (TPSA) is 50.5 Å². The zero-order chi connectivity index (χ0) is 12.4. The summed E-state index contributed by atoms with van der Waals surface area (Å²) in [6.07, 6.45) is 1.53. The van der Waals surface area contributed by atoms with Gasteiger partial charge in [-0.1, -0.05) is 6.07 Å². The van der Waals surface area contributed by atoms with Crippen molar-refractivity contribution in [2.45, 2.75) is 6.54 Å². The summed E-state index contributed by atoms with van der Waals surface area (Å²) in [4.78, 5) is 9.59. The number of azo groups is 1. The maximum atomic E-state index is 4.22. The monoisotopic (exact) mass is 386 g/mol. The number of fused-ring (bicyclic) bond motifs is 1. The van der Waals surface area contributed by atoms with Crippen LogP contribution < -0.4 is 0 Å². The number of thiophene rings is 2. The fourth-order valence-electron chi connectivity index (χ4n) is 1.46. The molecule has 0 saturated carbocycles. The summed E-state index contributed by atoms with van der Waals surface area (Å²) in [5.41, 5.74) is 0.935. The van der Waals surface area contributed by atoms with Gasteiger partial charge >= 0.3 is 0 Å². The molecule has 3 rings (SSSR count). The predicted octanol–water partition coefficient (Wildman–Crippen LogP) is 4.64. The molecular formula is C11H7IN4S2. The first-order valence-corrected chi connectivity index (χ1v) is 7.90. The quantitative estimate of drug-likeness (QED) is 0.486. The van der Waals surface area contributed by atoms with E-state index in [-0.39, 0.29) is 0 Å². The van der Waals surface area contributed by atoms with Crippen LogP contribution >= 0.6 is 45.3 Å². The van der Waals surface area contributed by atoms with Crippen molar-refractivity contribution >= 4 is 61.3 Å². The lowest BCUT2D eigenvalue weighted by Gasteiger charge is -1.92. The van der Waals surface area contributed by atoms with E-state index in [0.717, 1.165) is 10.2 Å². The Balaban J connectivity index is 1.88. The van der Waals surface area contributed by atoms with E-state index in [1.54, 1.807) is 22.7 Å². The molecule has 0 aliphatic heterocycles. The van der Waals surface area contributed by atoms with Crippen LogP contribution in [0.1, 0.15) is 4.88 Å². The summed E-state index contributed by atoms with van der Waals surface area (Å²) in [6.45, 7) is 0.603. The van der Waals surface area contributed by atoms with Crippen LogP contribution in [0.3, 0.4) is 0 Å². The Kier molecular flexibility index (Phi) is 3.62. The minimum Gasteiger partial charge on any atom is -0.235 e. The first-order chi connectivity index (χ1) is 8.83. The fourth-order valence-corrected chi connectivity index (χ4v) is 3.80. The molecule has 18 heavy (non-hydrogen) atoms. The summed E-state index contributed by atoms with van der Waals surface area (Å²) in [5, 5.41) is 10.4. The molecule has 0 aliphatic rings. The number of hydrogen-bond acceptors (Lipinski definition) is 6. The molecule has 0 spiro atoms. The molecular weight excluding hydrogens is 379 g/mol. The van der Waals surface area contributed by atoms with Gasteiger partial charge in [0.25, 0.3) is 0 Å². The second kappa shape index (κ2) is 5.37. The minimum atomic E-state index is 0.603. The predicted molar refractivity (Wildman–Crippen MR) is 82.7 cm³/mol. The van der Waals surface area contributed by atoms with Gasteiger partial charge in [-0.25, -0.2) is 9.97 Å². The lowest BCUT2D eigenvalue weighted by atomic mass is 10.4. The van der Waals surface area contributed by atoms with Crippen LogP contribution in [0, 0.1) is 2.88 Å². The molecule has 0 aliphatic carbocycles. The summed E-state index contributed by atoms with van der Waals surface area (Å²) >= 11 is 5.59. The van der Waals surface area contributed by atoms with Crippen LogP contribution in [-0.4, -0.2) is 9.97 Å². The highest BCUT2D eigenvalue weighted by Gasteiger charge is 2.06. The normalized spacial score (nSPS) is 11.6. The lowest BCUT2D eigenvalue weighted by Crippen LogP contribution is -1.78. The third kappa shape index (κ3) is 2.57. The Morgan fingerprint density at radius 2 is 2.28 bits per heavy atom. The van der Waals surface area contributed by atoms with Crippen LogP contribution in [0.2, 0.25) is 0 Å². The molecule has 4 nitrogen and oxygen atoms in total. The van der Waals surface area contributed by atoms with E-state index in [1.807, 2.05) is 23.6 Å². The lowest BCUT2D eigenvalue weighted by molar-refractivity contribution is 0.965. The van der Waals surface area contributed by atoms with Crippen molar-refractivity contribution in [3.8, 4) is 0 Å². The van der Waals surface area contributed by atoms with Gasteiger partial charge in [0, 0.05) is 4.88 Å². The number of rotatable bonds is 3. The number of nitrogens with zero attached hydrogens (tertiary/aromatic N) is 4. The first kappa shape index (κ1) is 12.1. The van der Waals surface area contributed by atoms with Gasteiger partial charge in [0.05, 0.1) is 14.9 Å². The Labute approximate surface area is 125 Å². The van der Waals surface area contributed by atoms with Gasteiger partial charge in [-0.15, -0.1) is 27.8 Å². The van der Waals surface area contributed by atoms with Gasteiger partial charge in [-0.3, -0.25) is 0 Å². The van der Waals surface area contributed by atoms with Crippen molar-refractivity contribution in [3.05, 3.63) is 37.7 Å². The van der Waals surface area contributed by atoms with Gasteiger partial charge in [0.2, 0.25) is 0 Å². The maximum absolute atomic E-state index is 4.22. The van der Waals surface area contributed by atoms with Crippen molar-refractivity contribution < 1.29 is 0 Å². The van der Waals surface area contributed by atoms with Crippen LogP contribution in [-0.2, 0) is 6.54 Å². The Morgan fingerprint density at radius 3 is 3.11 bits per heavy atom. The largest absolute Gasteiger partial charge is 0.235 e. The van der Waals surface area contributed by atoms with E-state index < -0.39 is 0 Å². The maximum Gasteiger partial charge on any atom is 0.195 e. The van der Waals surface area contributed by atoms with Gasteiger partial charge in [0.1, 0.15) is 11.0 Å². The van der Waals surface area contributed by atoms with Crippen molar-refractivity contribution in [2.75, 3.05) is 0 Å². The van der Waals surface area contributed by atoms with Crippen LogP contribution in [0.25, 0.3) is 10.2 Å². The third-order valence-electron chi connectivity index (χ3n) is 2.23.